The molecule has 4 aromatic rings. The van der Waals surface area contributed by atoms with Gasteiger partial charge in [-0.15, -0.1) is 0 Å². The van der Waals surface area contributed by atoms with Crippen LogP contribution < -0.4 is 16.9 Å². The number of anilines is 3. The average molecular weight is 386 g/mol. The molecule has 0 radical (unpaired) electrons. The first-order valence-corrected chi connectivity index (χ1v) is 7.71. The Morgan fingerprint density at radius 1 is 1.12 bits per heavy atom. The van der Waals surface area contributed by atoms with Gasteiger partial charge in [0.05, 0.1) is 41.9 Å². The fourth-order valence-electron chi connectivity index (χ4n) is 2.36. The van der Waals surface area contributed by atoms with E-state index >= 15 is 0 Å². The van der Waals surface area contributed by atoms with Gasteiger partial charge in [-0.1, -0.05) is 0 Å². The standard InChI is InChI=1S/C14H12BrN9/c15-12-10(16)3-9(5-19-12)22-13-14-20-6-11(23(14)2-1-18-13)8-4-21-24(17)7-8/h1-7H,16-17H2,(H,18,22). The van der Waals surface area contributed by atoms with Gasteiger partial charge in [0.25, 0.3) is 0 Å². The molecule has 0 aliphatic heterocycles. The lowest BCUT2D eigenvalue weighted by Gasteiger charge is -2.08. The van der Waals surface area contributed by atoms with E-state index in [-0.39, 0.29) is 0 Å². The summed E-state index contributed by atoms with van der Waals surface area (Å²) in [4.78, 5) is 14.2. The summed E-state index contributed by atoms with van der Waals surface area (Å²) in [6, 6.07) is 1.77. The van der Waals surface area contributed by atoms with Gasteiger partial charge in [-0.05, 0) is 22.0 Å². The zero-order chi connectivity index (χ0) is 16.7. The van der Waals surface area contributed by atoms with Gasteiger partial charge in [-0.3, -0.25) is 4.40 Å². The van der Waals surface area contributed by atoms with Crippen molar-refractivity contribution in [3.05, 3.63) is 47.9 Å². The average Bonchev–Trinajstić information content (AvgIpc) is 3.17. The van der Waals surface area contributed by atoms with Crippen molar-refractivity contribution in [2.45, 2.75) is 0 Å². The molecule has 120 valence electrons. The summed E-state index contributed by atoms with van der Waals surface area (Å²) >= 11 is 3.27. The maximum absolute atomic E-state index is 5.86. The molecule has 4 rings (SSSR count). The monoisotopic (exact) mass is 385 g/mol. The second-order valence-electron chi connectivity index (χ2n) is 5.05. The van der Waals surface area contributed by atoms with Gasteiger partial charge in [0.1, 0.15) is 4.60 Å². The van der Waals surface area contributed by atoms with E-state index in [0.717, 1.165) is 16.9 Å². The maximum atomic E-state index is 5.86. The zero-order valence-corrected chi connectivity index (χ0v) is 13.8. The van der Waals surface area contributed by atoms with Crippen LogP contribution >= 0.6 is 15.9 Å². The highest BCUT2D eigenvalue weighted by Crippen LogP contribution is 2.26. The van der Waals surface area contributed by atoms with Gasteiger partial charge in [-0.25, -0.2) is 15.0 Å². The molecule has 0 aliphatic rings. The van der Waals surface area contributed by atoms with E-state index in [2.05, 4.69) is 41.3 Å². The molecule has 0 spiro atoms. The van der Waals surface area contributed by atoms with Gasteiger partial charge in [-0.2, -0.15) is 9.89 Å². The van der Waals surface area contributed by atoms with Gasteiger partial charge in [0.2, 0.25) is 0 Å². The van der Waals surface area contributed by atoms with Crippen LogP contribution in [0.15, 0.2) is 47.9 Å². The highest BCUT2D eigenvalue weighted by atomic mass is 79.9. The van der Waals surface area contributed by atoms with Gasteiger partial charge >= 0.3 is 0 Å². The lowest BCUT2D eigenvalue weighted by molar-refractivity contribution is 0.832. The highest BCUT2D eigenvalue weighted by Gasteiger charge is 2.12. The molecule has 4 aromatic heterocycles. The number of aromatic nitrogens is 6. The van der Waals surface area contributed by atoms with E-state index in [1.807, 2.05) is 10.6 Å². The van der Waals surface area contributed by atoms with Crippen LogP contribution in [0.5, 0.6) is 0 Å². The van der Waals surface area contributed by atoms with Gasteiger partial charge < -0.3 is 16.9 Å². The Morgan fingerprint density at radius 2 is 2.00 bits per heavy atom. The molecule has 5 N–H and O–H groups in total. The Hall–Kier alpha value is -3.14. The fraction of sp³-hybridized carbons (Fsp3) is 0. The quantitative estimate of drug-likeness (QED) is 0.362. The minimum atomic E-state index is 0.534. The Balaban J connectivity index is 1.77. The topological polar surface area (TPSA) is 125 Å². The van der Waals surface area contributed by atoms with E-state index < -0.39 is 0 Å². The summed E-state index contributed by atoms with van der Waals surface area (Å²) in [6.45, 7) is 0. The van der Waals surface area contributed by atoms with E-state index in [1.54, 1.807) is 37.1 Å². The van der Waals surface area contributed by atoms with Crippen molar-refractivity contribution < 1.29 is 0 Å². The van der Waals surface area contributed by atoms with Crippen LogP contribution in [0.2, 0.25) is 0 Å². The molecular weight excluding hydrogens is 374 g/mol. The summed E-state index contributed by atoms with van der Waals surface area (Å²) in [5.41, 5.74) is 9.49. The highest BCUT2D eigenvalue weighted by molar-refractivity contribution is 9.10. The summed E-state index contributed by atoms with van der Waals surface area (Å²) in [7, 11) is 0. The number of pyridine rings is 1. The number of nitrogen functional groups attached to an aromatic ring is 2. The number of rotatable bonds is 3. The van der Waals surface area contributed by atoms with E-state index in [9.17, 15) is 0 Å². The maximum Gasteiger partial charge on any atom is 0.180 e. The molecule has 24 heavy (non-hydrogen) atoms. The molecule has 0 unspecified atom stereocenters. The minimum Gasteiger partial charge on any atom is -0.396 e. The van der Waals surface area contributed by atoms with Gasteiger partial charge in [0.15, 0.2) is 11.5 Å². The number of nitrogens with zero attached hydrogens (tertiary/aromatic N) is 6. The van der Waals surface area contributed by atoms with Crippen LogP contribution in [-0.4, -0.2) is 29.2 Å². The van der Waals surface area contributed by atoms with Crippen molar-refractivity contribution in [1.29, 1.82) is 0 Å². The van der Waals surface area contributed by atoms with E-state index in [4.69, 9.17) is 11.6 Å². The molecule has 0 fully saturated rings. The summed E-state index contributed by atoms with van der Waals surface area (Å²) in [6.07, 6.45) is 10.3. The van der Waals surface area contributed by atoms with Crippen molar-refractivity contribution >= 4 is 38.8 Å². The first kappa shape index (κ1) is 14.5. The Kier molecular flexibility index (Phi) is 3.31. The van der Waals surface area contributed by atoms with Crippen molar-refractivity contribution in [2.75, 3.05) is 16.9 Å². The Morgan fingerprint density at radius 3 is 2.75 bits per heavy atom. The second-order valence-corrected chi connectivity index (χ2v) is 5.80. The van der Waals surface area contributed by atoms with Crippen LogP contribution in [-0.2, 0) is 0 Å². The number of hydrogen-bond acceptors (Lipinski definition) is 7. The number of imidazole rings is 1. The molecule has 0 bridgehead atoms. The third kappa shape index (κ3) is 2.42. The number of fused-ring (bicyclic) bond motifs is 1. The van der Waals surface area contributed by atoms with Gasteiger partial charge in [0, 0.05) is 18.0 Å². The molecule has 0 atom stereocenters. The van der Waals surface area contributed by atoms with Crippen molar-refractivity contribution in [3.8, 4) is 11.3 Å². The third-order valence-electron chi connectivity index (χ3n) is 3.45. The summed E-state index contributed by atoms with van der Waals surface area (Å²) < 4.78 is 2.50. The lowest BCUT2D eigenvalue weighted by atomic mass is 10.3. The number of nitrogens with one attached hydrogen (secondary N) is 1. The minimum absolute atomic E-state index is 0.534. The first-order valence-electron chi connectivity index (χ1n) is 6.92. The fourth-order valence-corrected chi connectivity index (χ4v) is 2.58. The zero-order valence-electron chi connectivity index (χ0n) is 12.3. The predicted octanol–water partition coefficient (Wildman–Crippen LogP) is 1.79. The van der Waals surface area contributed by atoms with Crippen LogP contribution in [0, 0.1) is 0 Å². The first-order chi connectivity index (χ1) is 11.6. The molecule has 0 aromatic carbocycles. The summed E-state index contributed by atoms with van der Waals surface area (Å²) in [5.74, 6) is 6.21. The molecule has 0 saturated heterocycles. The molecule has 4 heterocycles. The predicted molar refractivity (Wildman–Crippen MR) is 94.0 cm³/mol. The Labute approximate surface area is 144 Å². The SMILES string of the molecule is Nc1cc(Nc2nccn3c(-c4cnn(N)c4)cnc23)cnc1Br. The second kappa shape index (κ2) is 5.49. The van der Waals surface area contributed by atoms with Crippen LogP contribution in [0.3, 0.4) is 0 Å². The molecule has 0 amide bonds. The van der Waals surface area contributed by atoms with E-state index in [0.29, 0.717) is 21.8 Å². The van der Waals surface area contributed by atoms with Crippen molar-refractivity contribution in [3.63, 3.8) is 0 Å². The van der Waals surface area contributed by atoms with E-state index in [1.165, 1.54) is 4.79 Å². The molecule has 0 aliphatic carbocycles. The molecule has 0 saturated carbocycles. The number of hydrogen-bond donors (Lipinski definition) is 3. The molecule has 9 nitrogen and oxygen atoms in total. The molecular formula is C14H12BrN9. The van der Waals surface area contributed by atoms with Crippen molar-refractivity contribution in [2.24, 2.45) is 0 Å². The van der Waals surface area contributed by atoms with Crippen LogP contribution in [0.25, 0.3) is 16.9 Å². The molecule has 10 heteroatoms. The normalized spacial score (nSPS) is 11.0. The number of nitrogens with two attached hydrogens (primary N) is 2. The lowest BCUT2D eigenvalue weighted by Crippen LogP contribution is -2.07. The summed E-state index contributed by atoms with van der Waals surface area (Å²) in [5, 5.41) is 7.16. The van der Waals surface area contributed by atoms with Crippen LogP contribution in [0.4, 0.5) is 17.2 Å². The Bertz CT molecular complexity index is 1040. The number of halogens is 1. The smallest absolute Gasteiger partial charge is 0.180 e. The largest absolute Gasteiger partial charge is 0.396 e. The third-order valence-corrected chi connectivity index (χ3v) is 4.12. The van der Waals surface area contributed by atoms with Crippen molar-refractivity contribution in [1.82, 2.24) is 29.2 Å². The van der Waals surface area contributed by atoms with Crippen LogP contribution in [0.1, 0.15) is 0 Å².